The van der Waals surface area contributed by atoms with E-state index in [1.165, 1.54) is 25.4 Å². The van der Waals surface area contributed by atoms with Gasteiger partial charge in [0.1, 0.15) is 29.1 Å². The third-order valence-corrected chi connectivity index (χ3v) is 5.02. The van der Waals surface area contributed by atoms with E-state index in [0.717, 1.165) is 6.54 Å². The molecule has 160 valence electrons. The lowest BCUT2D eigenvalue weighted by Gasteiger charge is -2.24. The molecule has 1 atom stereocenters. The molecule has 0 bridgehead atoms. The van der Waals surface area contributed by atoms with Crippen LogP contribution in [-0.4, -0.2) is 68.0 Å². The molecule has 0 saturated carbocycles. The Morgan fingerprint density at radius 2 is 1.97 bits per heavy atom. The summed E-state index contributed by atoms with van der Waals surface area (Å²) < 4.78 is 16.1. The number of likely N-dealkylation sites (tertiary alicyclic amines) is 1. The Morgan fingerprint density at radius 1 is 1.20 bits per heavy atom. The summed E-state index contributed by atoms with van der Waals surface area (Å²) >= 11 is 0. The first kappa shape index (κ1) is 21.4. The monoisotopic (exact) mass is 414 g/mol. The number of carbonyl (C=O) groups excluding carboxylic acids is 2. The summed E-state index contributed by atoms with van der Waals surface area (Å²) in [6, 6.07) is 7.40. The van der Waals surface area contributed by atoms with E-state index in [1.54, 1.807) is 30.3 Å². The number of methoxy groups -OCH3 is 2. The van der Waals surface area contributed by atoms with E-state index < -0.39 is 17.7 Å². The van der Waals surface area contributed by atoms with Crippen LogP contribution in [0.25, 0.3) is 5.76 Å². The first-order valence-corrected chi connectivity index (χ1v) is 9.58. The molecule has 0 radical (unpaired) electrons. The van der Waals surface area contributed by atoms with E-state index in [2.05, 4.69) is 0 Å². The summed E-state index contributed by atoms with van der Waals surface area (Å²) in [5, 5.41) is 11.1. The molecule has 2 heterocycles. The first-order valence-electron chi connectivity index (χ1n) is 9.58. The smallest absolute Gasteiger partial charge is 0.295 e. The summed E-state index contributed by atoms with van der Waals surface area (Å²) in [5.41, 5.74) is 0.268. The minimum atomic E-state index is -0.811. The second-order valence-electron chi connectivity index (χ2n) is 7.23. The van der Waals surface area contributed by atoms with E-state index >= 15 is 0 Å². The van der Waals surface area contributed by atoms with Crippen LogP contribution in [0.2, 0.25) is 0 Å². The summed E-state index contributed by atoms with van der Waals surface area (Å²) in [6.07, 6.45) is 2.15. The fourth-order valence-corrected chi connectivity index (χ4v) is 3.55. The van der Waals surface area contributed by atoms with Crippen LogP contribution in [0.3, 0.4) is 0 Å². The van der Waals surface area contributed by atoms with E-state index in [9.17, 15) is 14.7 Å². The fraction of sp³-hybridized carbons (Fsp3) is 0.364. The number of benzene rings is 1. The van der Waals surface area contributed by atoms with Gasteiger partial charge in [-0.2, -0.15) is 0 Å². The molecule has 8 nitrogen and oxygen atoms in total. The fourth-order valence-electron chi connectivity index (χ4n) is 3.55. The summed E-state index contributed by atoms with van der Waals surface area (Å²) in [7, 11) is 6.85. The number of carbonyl (C=O) groups is 2. The van der Waals surface area contributed by atoms with Crippen molar-refractivity contribution < 1.29 is 28.6 Å². The van der Waals surface area contributed by atoms with Gasteiger partial charge in [0.05, 0.1) is 31.6 Å². The second-order valence-corrected chi connectivity index (χ2v) is 7.23. The van der Waals surface area contributed by atoms with Crippen LogP contribution in [0.4, 0.5) is 0 Å². The molecule has 3 rings (SSSR count). The zero-order chi connectivity index (χ0) is 21.8. The Hall–Kier alpha value is -3.26. The topological polar surface area (TPSA) is 92.5 Å². The van der Waals surface area contributed by atoms with Gasteiger partial charge in [-0.1, -0.05) is 0 Å². The van der Waals surface area contributed by atoms with E-state index in [1.807, 2.05) is 19.0 Å². The molecule has 2 aromatic rings. The van der Waals surface area contributed by atoms with Gasteiger partial charge in [-0.3, -0.25) is 9.59 Å². The minimum absolute atomic E-state index is 0.0248. The Morgan fingerprint density at radius 3 is 2.57 bits per heavy atom. The standard InChI is InChI=1S/C22H26N2O6/c1-23(2)10-6-11-24-19(16-7-5-12-30-16)18(21(26)22(24)27)20(25)15-9-8-14(28-3)13-17(15)29-4/h5,7-9,12-13,19,25H,6,10-11H2,1-4H3/t19-/m1/s1. The highest BCUT2D eigenvalue weighted by Gasteiger charge is 2.47. The SMILES string of the molecule is COc1ccc(C(O)=C2C(=O)C(=O)N(CCCN(C)C)[C@@H]2c2ccco2)c(OC)c1. The van der Waals surface area contributed by atoms with E-state index in [-0.39, 0.29) is 11.3 Å². The minimum Gasteiger partial charge on any atom is -0.507 e. The molecule has 1 aliphatic rings. The number of hydrogen-bond acceptors (Lipinski definition) is 7. The van der Waals surface area contributed by atoms with Crippen molar-refractivity contribution in [2.24, 2.45) is 0 Å². The van der Waals surface area contributed by atoms with Crippen molar-refractivity contribution in [2.45, 2.75) is 12.5 Å². The van der Waals surface area contributed by atoms with Gasteiger partial charge in [0, 0.05) is 12.6 Å². The average Bonchev–Trinajstić information content (AvgIpc) is 3.35. The van der Waals surface area contributed by atoms with Crippen LogP contribution in [0, 0.1) is 0 Å². The number of rotatable bonds is 8. The number of hydrogen-bond donors (Lipinski definition) is 1. The number of aliphatic hydroxyl groups is 1. The Bertz CT molecular complexity index is 949. The van der Waals surface area contributed by atoms with Crippen molar-refractivity contribution in [1.82, 2.24) is 9.80 Å². The van der Waals surface area contributed by atoms with Crippen LogP contribution in [-0.2, 0) is 9.59 Å². The molecule has 30 heavy (non-hydrogen) atoms. The van der Waals surface area contributed by atoms with Crippen LogP contribution in [0.5, 0.6) is 11.5 Å². The molecular weight excluding hydrogens is 388 g/mol. The molecule has 0 unspecified atom stereocenters. The lowest BCUT2D eigenvalue weighted by Crippen LogP contribution is -2.32. The van der Waals surface area contributed by atoms with Crippen LogP contribution >= 0.6 is 0 Å². The average molecular weight is 414 g/mol. The van der Waals surface area contributed by atoms with Gasteiger partial charge in [-0.15, -0.1) is 0 Å². The molecule has 1 aromatic heterocycles. The maximum Gasteiger partial charge on any atom is 0.295 e. The third-order valence-electron chi connectivity index (χ3n) is 5.02. The van der Waals surface area contributed by atoms with E-state index in [4.69, 9.17) is 13.9 Å². The maximum atomic E-state index is 12.9. The van der Waals surface area contributed by atoms with Crippen molar-refractivity contribution >= 4 is 17.4 Å². The summed E-state index contributed by atoms with van der Waals surface area (Å²) in [6.45, 7) is 1.10. The lowest BCUT2D eigenvalue weighted by atomic mass is 9.98. The number of ether oxygens (including phenoxy) is 2. The van der Waals surface area contributed by atoms with Crippen molar-refractivity contribution in [3.8, 4) is 11.5 Å². The van der Waals surface area contributed by atoms with Crippen molar-refractivity contribution in [3.63, 3.8) is 0 Å². The highest BCUT2D eigenvalue weighted by Crippen LogP contribution is 2.41. The number of ketones is 1. The third kappa shape index (κ3) is 4.04. The maximum absolute atomic E-state index is 12.9. The van der Waals surface area contributed by atoms with Gasteiger partial charge in [-0.25, -0.2) is 0 Å². The molecule has 8 heteroatoms. The number of Topliss-reactive ketones (excluding diaryl/α,β-unsaturated/α-hetero) is 1. The van der Waals surface area contributed by atoms with Gasteiger partial charge in [0.2, 0.25) is 0 Å². The molecule has 0 spiro atoms. The van der Waals surface area contributed by atoms with Crippen molar-refractivity contribution in [3.05, 3.63) is 53.5 Å². The normalized spacial score (nSPS) is 18.3. The van der Waals surface area contributed by atoms with E-state index in [0.29, 0.717) is 35.8 Å². The van der Waals surface area contributed by atoms with Gasteiger partial charge < -0.3 is 28.8 Å². The van der Waals surface area contributed by atoms with Crippen molar-refractivity contribution in [2.75, 3.05) is 41.4 Å². The highest BCUT2D eigenvalue weighted by atomic mass is 16.5. The second kappa shape index (κ2) is 9.04. The van der Waals surface area contributed by atoms with Crippen LogP contribution in [0.1, 0.15) is 23.8 Å². The van der Waals surface area contributed by atoms with Crippen LogP contribution < -0.4 is 9.47 Å². The first-order chi connectivity index (χ1) is 14.4. The van der Waals surface area contributed by atoms with Gasteiger partial charge >= 0.3 is 0 Å². The number of amides is 1. The summed E-state index contributed by atoms with van der Waals surface area (Å²) in [5.74, 6) is -0.461. The Kier molecular flexibility index (Phi) is 6.47. The molecule has 0 aliphatic carbocycles. The quantitative estimate of drug-likeness (QED) is 0.403. The highest BCUT2D eigenvalue weighted by molar-refractivity contribution is 6.46. The predicted molar refractivity (Wildman–Crippen MR) is 110 cm³/mol. The Balaban J connectivity index is 2.09. The Labute approximate surface area is 175 Å². The largest absolute Gasteiger partial charge is 0.507 e. The summed E-state index contributed by atoms with van der Waals surface area (Å²) in [4.78, 5) is 29.2. The molecule has 1 N–H and O–H groups in total. The van der Waals surface area contributed by atoms with Crippen LogP contribution in [0.15, 0.2) is 46.6 Å². The van der Waals surface area contributed by atoms with Crippen molar-refractivity contribution in [1.29, 1.82) is 0 Å². The zero-order valence-electron chi connectivity index (χ0n) is 17.5. The van der Waals surface area contributed by atoms with Gasteiger partial charge in [0.15, 0.2) is 0 Å². The zero-order valence-corrected chi connectivity index (χ0v) is 17.5. The molecule has 1 aromatic carbocycles. The lowest BCUT2D eigenvalue weighted by molar-refractivity contribution is -0.140. The number of nitrogens with zero attached hydrogens (tertiary/aromatic N) is 2. The molecule has 1 fully saturated rings. The number of furan rings is 1. The van der Waals surface area contributed by atoms with Gasteiger partial charge in [-0.05, 0) is 51.3 Å². The molecular formula is C22H26N2O6. The van der Waals surface area contributed by atoms with Gasteiger partial charge in [0.25, 0.3) is 11.7 Å². The predicted octanol–water partition coefficient (Wildman–Crippen LogP) is 2.67. The molecule has 1 amide bonds. The molecule has 1 aliphatic heterocycles. The molecule has 1 saturated heterocycles. The number of aliphatic hydroxyl groups excluding tert-OH is 1.